The van der Waals surface area contributed by atoms with Crippen LogP contribution in [0.1, 0.15) is 21.7 Å². The molecule has 0 fully saturated rings. The lowest BCUT2D eigenvalue weighted by molar-refractivity contribution is 0.101. The lowest BCUT2D eigenvalue weighted by atomic mass is 10.2. The van der Waals surface area contributed by atoms with Crippen molar-refractivity contribution in [2.24, 2.45) is 7.05 Å². The quantitative estimate of drug-likeness (QED) is 0.858. The average Bonchev–Trinajstić information content (AvgIpc) is 2.62. The monoisotopic (exact) mass is 229 g/mol. The molecule has 0 aliphatic heterocycles. The minimum Gasteiger partial charge on any atom is -0.347 e. The lowest BCUT2D eigenvalue weighted by Gasteiger charge is -2.07. The third-order valence-corrected chi connectivity index (χ3v) is 2.52. The first kappa shape index (κ1) is 11.4. The summed E-state index contributed by atoms with van der Waals surface area (Å²) >= 11 is 0. The van der Waals surface area contributed by atoms with Gasteiger partial charge in [0.25, 0.3) is 5.91 Å². The zero-order chi connectivity index (χ0) is 12.4. The van der Waals surface area contributed by atoms with Crippen LogP contribution in [0, 0.1) is 13.8 Å². The van der Waals surface area contributed by atoms with Crippen molar-refractivity contribution in [3.63, 3.8) is 0 Å². The lowest BCUT2D eigenvalue weighted by Crippen LogP contribution is -2.16. The van der Waals surface area contributed by atoms with Gasteiger partial charge in [0.15, 0.2) is 0 Å². The van der Waals surface area contributed by atoms with E-state index in [4.69, 9.17) is 0 Å². The smallest absolute Gasteiger partial charge is 0.273 e. The molecule has 0 spiro atoms. The molecule has 0 aliphatic carbocycles. The fourth-order valence-corrected chi connectivity index (χ4v) is 1.78. The fourth-order valence-electron chi connectivity index (χ4n) is 1.78. The number of pyridine rings is 1. The van der Waals surface area contributed by atoms with Crippen LogP contribution in [0.5, 0.6) is 0 Å². The van der Waals surface area contributed by atoms with E-state index in [0.29, 0.717) is 11.5 Å². The SMILES string of the molecule is Cc1cc(C)nc(NC(=O)c2cccn2C)c1. The van der Waals surface area contributed by atoms with Crippen molar-refractivity contribution in [3.05, 3.63) is 47.4 Å². The van der Waals surface area contributed by atoms with E-state index in [0.717, 1.165) is 11.3 Å². The number of rotatable bonds is 2. The maximum absolute atomic E-state index is 11.9. The van der Waals surface area contributed by atoms with Crippen molar-refractivity contribution in [2.75, 3.05) is 5.32 Å². The van der Waals surface area contributed by atoms with Gasteiger partial charge in [0.2, 0.25) is 0 Å². The van der Waals surface area contributed by atoms with Gasteiger partial charge in [-0.25, -0.2) is 4.98 Å². The first-order chi connectivity index (χ1) is 8.06. The van der Waals surface area contributed by atoms with E-state index >= 15 is 0 Å². The summed E-state index contributed by atoms with van der Waals surface area (Å²) in [5, 5.41) is 2.80. The Morgan fingerprint density at radius 3 is 2.71 bits per heavy atom. The maximum atomic E-state index is 11.9. The van der Waals surface area contributed by atoms with E-state index in [2.05, 4.69) is 10.3 Å². The normalized spacial score (nSPS) is 10.3. The summed E-state index contributed by atoms with van der Waals surface area (Å²) in [4.78, 5) is 16.2. The zero-order valence-corrected chi connectivity index (χ0v) is 10.2. The van der Waals surface area contributed by atoms with Crippen molar-refractivity contribution in [2.45, 2.75) is 13.8 Å². The molecular formula is C13H15N3O. The Hall–Kier alpha value is -2.10. The van der Waals surface area contributed by atoms with Crippen LogP contribution in [-0.4, -0.2) is 15.5 Å². The maximum Gasteiger partial charge on any atom is 0.273 e. The van der Waals surface area contributed by atoms with Gasteiger partial charge >= 0.3 is 0 Å². The number of aryl methyl sites for hydroxylation is 3. The van der Waals surface area contributed by atoms with E-state index in [1.54, 1.807) is 10.6 Å². The van der Waals surface area contributed by atoms with Crippen LogP contribution in [0.3, 0.4) is 0 Å². The Morgan fingerprint density at radius 1 is 1.35 bits per heavy atom. The molecule has 4 nitrogen and oxygen atoms in total. The second-order valence-corrected chi connectivity index (χ2v) is 4.13. The largest absolute Gasteiger partial charge is 0.347 e. The van der Waals surface area contributed by atoms with Crippen molar-refractivity contribution in [1.82, 2.24) is 9.55 Å². The Labute approximate surface area is 100 Å². The van der Waals surface area contributed by atoms with Crippen molar-refractivity contribution >= 4 is 11.7 Å². The van der Waals surface area contributed by atoms with Crippen LogP contribution in [0.15, 0.2) is 30.5 Å². The molecular weight excluding hydrogens is 214 g/mol. The molecule has 2 rings (SSSR count). The minimum absolute atomic E-state index is 0.144. The number of carbonyl (C=O) groups is 1. The molecule has 88 valence electrons. The van der Waals surface area contributed by atoms with E-state index in [1.165, 1.54) is 0 Å². The van der Waals surface area contributed by atoms with E-state index in [-0.39, 0.29) is 5.91 Å². The summed E-state index contributed by atoms with van der Waals surface area (Å²) in [6, 6.07) is 7.44. The summed E-state index contributed by atoms with van der Waals surface area (Å²) in [5.74, 6) is 0.448. The number of aromatic nitrogens is 2. The third kappa shape index (κ3) is 2.53. The van der Waals surface area contributed by atoms with Crippen LogP contribution in [0.4, 0.5) is 5.82 Å². The molecule has 0 unspecified atom stereocenters. The summed E-state index contributed by atoms with van der Waals surface area (Å²) in [5.41, 5.74) is 2.60. The van der Waals surface area contributed by atoms with Gasteiger partial charge in [0, 0.05) is 18.9 Å². The van der Waals surface area contributed by atoms with E-state index in [1.807, 2.05) is 45.3 Å². The second-order valence-electron chi connectivity index (χ2n) is 4.13. The topological polar surface area (TPSA) is 46.9 Å². The van der Waals surface area contributed by atoms with Gasteiger partial charge in [-0.15, -0.1) is 0 Å². The first-order valence-corrected chi connectivity index (χ1v) is 5.44. The first-order valence-electron chi connectivity index (χ1n) is 5.44. The van der Waals surface area contributed by atoms with Gasteiger partial charge in [-0.1, -0.05) is 0 Å². The van der Waals surface area contributed by atoms with Crippen LogP contribution in [-0.2, 0) is 7.05 Å². The summed E-state index contributed by atoms with van der Waals surface area (Å²) in [7, 11) is 1.84. The van der Waals surface area contributed by atoms with Crippen molar-refractivity contribution in [1.29, 1.82) is 0 Å². The minimum atomic E-state index is -0.144. The molecule has 1 N–H and O–H groups in total. The molecule has 0 atom stereocenters. The Kier molecular flexibility index (Phi) is 2.95. The number of nitrogens with zero attached hydrogens (tertiary/aromatic N) is 2. The summed E-state index contributed by atoms with van der Waals surface area (Å²) in [6.07, 6.45) is 1.84. The standard InChI is InChI=1S/C13H15N3O/c1-9-7-10(2)14-12(8-9)15-13(17)11-5-4-6-16(11)3/h4-8H,1-3H3,(H,14,15,17). The molecule has 0 bridgehead atoms. The van der Waals surface area contributed by atoms with E-state index in [9.17, 15) is 4.79 Å². The summed E-state index contributed by atoms with van der Waals surface area (Å²) < 4.78 is 1.78. The van der Waals surface area contributed by atoms with Gasteiger partial charge in [0.05, 0.1) is 0 Å². The number of amides is 1. The second kappa shape index (κ2) is 4.41. The molecule has 0 saturated carbocycles. The molecule has 17 heavy (non-hydrogen) atoms. The van der Waals surface area contributed by atoms with Gasteiger partial charge in [-0.05, 0) is 43.7 Å². The van der Waals surface area contributed by atoms with Gasteiger partial charge < -0.3 is 9.88 Å². The highest BCUT2D eigenvalue weighted by atomic mass is 16.2. The number of carbonyl (C=O) groups excluding carboxylic acids is 1. The Bertz CT molecular complexity index is 537. The molecule has 2 aromatic heterocycles. The van der Waals surface area contributed by atoms with Gasteiger partial charge in [-0.2, -0.15) is 0 Å². The number of nitrogens with one attached hydrogen (secondary N) is 1. The van der Waals surface area contributed by atoms with Gasteiger partial charge in [-0.3, -0.25) is 4.79 Å². The van der Waals surface area contributed by atoms with Crippen molar-refractivity contribution < 1.29 is 4.79 Å². The molecule has 2 aromatic rings. The average molecular weight is 229 g/mol. The Balaban J connectivity index is 2.21. The molecule has 1 amide bonds. The zero-order valence-electron chi connectivity index (χ0n) is 10.2. The molecule has 4 heteroatoms. The molecule has 0 radical (unpaired) electrons. The molecule has 0 saturated heterocycles. The Morgan fingerprint density at radius 2 is 2.12 bits per heavy atom. The predicted octanol–water partition coefficient (Wildman–Crippen LogP) is 2.29. The molecule has 0 aromatic carbocycles. The molecule has 2 heterocycles. The summed E-state index contributed by atoms with van der Waals surface area (Å²) in [6.45, 7) is 3.89. The molecule has 0 aliphatic rings. The van der Waals surface area contributed by atoms with Crippen molar-refractivity contribution in [3.8, 4) is 0 Å². The van der Waals surface area contributed by atoms with Crippen LogP contribution in [0.25, 0.3) is 0 Å². The highest BCUT2D eigenvalue weighted by Gasteiger charge is 2.09. The third-order valence-electron chi connectivity index (χ3n) is 2.52. The number of hydrogen-bond acceptors (Lipinski definition) is 2. The number of hydrogen-bond donors (Lipinski definition) is 1. The van der Waals surface area contributed by atoms with Crippen LogP contribution in [0.2, 0.25) is 0 Å². The number of anilines is 1. The van der Waals surface area contributed by atoms with Crippen LogP contribution < -0.4 is 5.32 Å². The van der Waals surface area contributed by atoms with Crippen LogP contribution >= 0.6 is 0 Å². The van der Waals surface area contributed by atoms with E-state index < -0.39 is 0 Å². The highest BCUT2D eigenvalue weighted by Crippen LogP contribution is 2.10. The van der Waals surface area contributed by atoms with Gasteiger partial charge in [0.1, 0.15) is 11.5 Å². The predicted molar refractivity (Wildman–Crippen MR) is 67.1 cm³/mol. The fraction of sp³-hybridized carbons (Fsp3) is 0.231. The highest BCUT2D eigenvalue weighted by molar-refractivity contribution is 6.02.